The van der Waals surface area contributed by atoms with Gasteiger partial charge in [0.2, 0.25) is 0 Å². The predicted molar refractivity (Wildman–Crippen MR) is 67.0 cm³/mol. The lowest BCUT2D eigenvalue weighted by Gasteiger charge is -2.07. The van der Waals surface area contributed by atoms with Crippen LogP contribution in [0.4, 0.5) is 0 Å². The predicted octanol–water partition coefficient (Wildman–Crippen LogP) is -1.04. The molecule has 1 N–H and O–H groups in total. The van der Waals surface area contributed by atoms with Crippen LogP contribution >= 0.6 is 0 Å². The summed E-state index contributed by atoms with van der Waals surface area (Å²) in [6.45, 7) is 0. The van der Waals surface area contributed by atoms with Crippen molar-refractivity contribution in [1.29, 1.82) is 5.41 Å². The molecule has 0 fully saturated rings. The number of nitrogens with one attached hydrogen (secondary N) is 1. The summed E-state index contributed by atoms with van der Waals surface area (Å²) < 4.78 is 2.96. The minimum absolute atomic E-state index is 0.465. The van der Waals surface area contributed by atoms with Gasteiger partial charge in [-0.1, -0.05) is 18.2 Å². The van der Waals surface area contributed by atoms with Crippen molar-refractivity contribution in [1.82, 2.24) is 9.55 Å². The van der Waals surface area contributed by atoms with Crippen LogP contribution in [0.5, 0.6) is 0 Å². The molecular weight excluding hydrogens is 337 g/mol. The fraction of sp³-hybridized carbons (Fsp3) is 0. The number of fused-ring (bicyclic) bond motifs is 1. The second-order valence-corrected chi connectivity index (χ2v) is 5.32. The third-order valence-corrected chi connectivity index (χ3v) is 3.54. The number of para-hydroxylation sites is 1. The van der Waals surface area contributed by atoms with Crippen LogP contribution < -0.4 is 28.1 Å². The summed E-state index contributed by atoms with van der Waals surface area (Å²) in [6.07, 6.45) is 1.71. The lowest BCUT2D eigenvalue weighted by atomic mass is 10.2. The topological polar surface area (TPSA) is 41.7 Å². The van der Waals surface area contributed by atoms with Gasteiger partial charge in [0.15, 0.2) is 3.57 Å². The first-order chi connectivity index (χ1) is 8.75. The second-order valence-electron chi connectivity index (χ2n) is 3.98. The van der Waals surface area contributed by atoms with Crippen molar-refractivity contribution in [2.45, 2.75) is 0 Å². The van der Waals surface area contributed by atoms with Crippen LogP contribution in [0.25, 0.3) is 16.6 Å². The fourth-order valence-electron chi connectivity index (χ4n) is 1.91. The van der Waals surface area contributed by atoms with Crippen molar-refractivity contribution in [2.75, 3.05) is 0 Å². The third-order valence-electron chi connectivity index (χ3n) is 2.81. The molecule has 0 spiro atoms. The summed E-state index contributed by atoms with van der Waals surface area (Å²) in [5, 5.41) is 9.14. The van der Waals surface area contributed by atoms with E-state index in [0.29, 0.717) is 5.49 Å². The molecule has 0 bridgehead atoms. The Hall–Kier alpha value is -1.69. The molecule has 18 heavy (non-hydrogen) atoms. The summed E-state index contributed by atoms with van der Waals surface area (Å²) >= 11 is 1.96. The van der Waals surface area contributed by atoms with Gasteiger partial charge in [0.05, 0.1) is 5.52 Å². The highest BCUT2D eigenvalue weighted by molar-refractivity contribution is 5.76. The average Bonchev–Trinajstić information content (AvgIpc) is 2.40. The lowest BCUT2D eigenvalue weighted by Crippen LogP contribution is -3.34. The Morgan fingerprint density at radius 3 is 2.61 bits per heavy atom. The number of hydrogen-bond donors (Lipinski definition) is 1. The fourth-order valence-corrected chi connectivity index (χ4v) is 2.42. The molecule has 0 aliphatic rings. The van der Waals surface area contributed by atoms with Crippen molar-refractivity contribution >= 4 is 10.9 Å². The highest BCUT2D eigenvalue weighted by atomic mass is 127. The zero-order valence-corrected chi connectivity index (χ0v) is 11.8. The zero-order chi connectivity index (χ0) is 12.5. The van der Waals surface area contributed by atoms with Gasteiger partial charge >= 0.3 is 0 Å². The number of nitrogens with zero attached hydrogens (tertiary/aromatic N) is 2. The van der Waals surface area contributed by atoms with Crippen LogP contribution in [-0.4, -0.2) is 9.55 Å². The van der Waals surface area contributed by atoms with E-state index >= 15 is 0 Å². The van der Waals surface area contributed by atoms with Gasteiger partial charge in [-0.05, 0) is 24.3 Å². The maximum absolute atomic E-state index is 8.27. The van der Waals surface area contributed by atoms with E-state index in [2.05, 4.69) is 4.98 Å². The standard InChI is InChI=1S/C14H11IN3/c15-10-6-7-12-13(8-10)17-9-18(14(12)16)11-4-2-1-3-5-11/h1-9,15-16H/q+1. The molecule has 1 aromatic heterocycles. The number of hydrogen-bond acceptors (Lipinski definition) is 2. The smallest absolute Gasteiger partial charge is 0.285 e. The van der Waals surface area contributed by atoms with Gasteiger partial charge in [0, 0.05) is 17.1 Å². The number of rotatable bonds is 1. The van der Waals surface area contributed by atoms with Crippen molar-refractivity contribution in [3.63, 3.8) is 0 Å². The van der Waals surface area contributed by atoms with Gasteiger partial charge in [-0.25, -0.2) is 4.98 Å². The molecule has 0 aliphatic carbocycles. The van der Waals surface area contributed by atoms with Crippen molar-refractivity contribution < 1.29 is 22.6 Å². The molecule has 0 radical (unpaired) electrons. The maximum Gasteiger partial charge on any atom is 0.296 e. The van der Waals surface area contributed by atoms with Crippen molar-refractivity contribution in [2.24, 2.45) is 0 Å². The van der Waals surface area contributed by atoms with Crippen molar-refractivity contribution in [3.8, 4) is 5.69 Å². The first kappa shape index (κ1) is 11.4. The SMILES string of the molecule is N=c1c2ccc([IH+])cc2ncn1-c1ccccc1. The normalized spacial score (nSPS) is 10.7. The van der Waals surface area contributed by atoms with E-state index in [1.54, 1.807) is 10.9 Å². The van der Waals surface area contributed by atoms with E-state index in [4.69, 9.17) is 5.41 Å². The summed E-state index contributed by atoms with van der Waals surface area (Å²) in [5.74, 6) is 0. The molecule has 3 rings (SSSR count). The van der Waals surface area contributed by atoms with Crippen LogP contribution in [0.15, 0.2) is 54.9 Å². The summed E-state index contributed by atoms with van der Waals surface area (Å²) in [6, 6.07) is 15.8. The zero-order valence-electron chi connectivity index (χ0n) is 9.50. The van der Waals surface area contributed by atoms with E-state index < -0.39 is 0 Å². The van der Waals surface area contributed by atoms with Gasteiger partial charge in [-0.2, -0.15) is 0 Å². The Morgan fingerprint density at radius 2 is 1.83 bits per heavy atom. The first-order valence-corrected chi connectivity index (χ1v) is 6.71. The van der Waals surface area contributed by atoms with Crippen LogP contribution in [0.1, 0.15) is 0 Å². The molecule has 0 atom stereocenters. The van der Waals surface area contributed by atoms with E-state index in [1.165, 1.54) is 3.57 Å². The summed E-state index contributed by atoms with van der Waals surface area (Å²) in [7, 11) is 0. The molecule has 3 nitrogen and oxygen atoms in total. The molecule has 3 aromatic rings. The minimum atomic E-state index is 0.465. The van der Waals surface area contributed by atoms with Gasteiger partial charge in [-0.15, -0.1) is 0 Å². The van der Waals surface area contributed by atoms with E-state index in [9.17, 15) is 0 Å². The first-order valence-electron chi connectivity index (χ1n) is 5.54. The Labute approximate surface area is 118 Å². The monoisotopic (exact) mass is 348 g/mol. The molecule has 0 aliphatic heterocycles. The molecule has 0 amide bonds. The Kier molecular flexibility index (Phi) is 2.87. The number of benzene rings is 2. The van der Waals surface area contributed by atoms with Gasteiger partial charge in [0.1, 0.15) is 11.8 Å². The molecule has 2 aromatic carbocycles. The maximum atomic E-state index is 8.27. The minimum Gasteiger partial charge on any atom is -0.285 e. The van der Waals surface area contributed by atoms with Crippen molar-refractivity contribution in [3.05, 3.63) is 63.9 Å². The second kappa shape index (κ2) is 4.53. The van der Waals surface area contributed by atoms with Crippen LogP contribution in [0.2, 0.25) is 0 Å². The molecule has 0 saturated heterocycles. The largest absolute Gasteiger partial charge is 0.296 e. The average molecular weight is 348 g/mol. The van der Waals surface area contributed by atoms with E-state index in [0.717, 1.165) is 16.6 Å². The molecular formula is C14H11IN3+. The van der Waals surface area contributed by atoms with E-state index in [1.807, 2.05) is 71.1 Å². The highest BCUT2D eigenvalue weighted by Crippen LogP contribution is 2.08. The van der Waals surface area contributed by atoms with Gasteiger partial charge < -0.3 is 0 Å². The molecule has 0 saturated carbocycles. The third kappa shape index (κ3) is 1.92. The Balaban J connectivity index is 2.31. The molecule has 4 heteroatoms. The Morgan fingerprint density at radius 1 is 1.06 bits per heavy atom. The summed E-state index contributed by atoms with van der Waals surface area (Å²) in [5.41, 5.74) is 2.29. The highest BCUT2D eigenvalue weighted by Gasteiger charge is 2.05. The van der Waals surface area contributed by atoms with Crippen LogP contribution in [0.3, 0.4) is 0 Å². The van der Waals surface area contributed by atoms with Gasteiger partial charge in [0.25, 0.3) is 22.6 Å². The Bertz CT molecular complexity index is 763. The van der Waals surface area contributed by atoms with Crippen LogP contribution in [0, 0.1) is 8.98 Å². The van der Waals surface area contributed by atoms with Crippen LogP contribution in [-0.2, 0) is 0 Å². The molecule has 0 unspecified atom stereocenters. The quantitative estimate of drug-likeness (QED) is 0.561. The van der Waals surface area contributed by atoms with Gasteiger partial charge in [-0.3, -0.25) is 9.98 Å². The number of halogens is 1. The number of aromatic nitrogens is 2. The molecule has 1 heterocycles. The summed E-state index contributed by atoms with van der Waals surface area (Å²) in [4.78, 5) is 4.42. The molecule has 88 valence electrons. The van der Waals surface area contributed by atoms with E-state index in [-0.39, 0.29) is 0 Å². The lowest BCUT2D eigenvalue weighted by molar-refractivity contribution is -0.328.